The van der Waals surface area contributed by atoms with Crippen LogP contribution in [0.2, 0.25) is 5.02 Å². The molecule has 1 fully saturated rings. The first-order valence-corrected chi connectivity index (χ1v) is 6.89. The number of nitrogens with one attached hydrogen (secondary N) is 2. The van der Waals surface area contributed by atoms with Gasteiger partial charge in [0.25, 0.3) is 0 Å². The van der Waals surface area contributed by atoms with Crippen LogP contribution in [-0.4, -0.2) is 23.3 Å². The van der Waals surface area contributed by atoms with Gasteiger partial charge >= 0.3 is 6.03 Å². The average Bonchev–Trinajstić information content (AvgIpc) is 2.84. The molecule has 0 radical (unpaired) electrons. The van der Waals surface area contributed by atoms with Gasteiger partial charge in [-0.3, -0.25) is 0 Å². The van der Waals surface area contributed by atoms with Crippen LogP contribution in [0.25, 0.3) is 0 Å². The van der Waals surface area contributed by atoms with Crippen LogP contribution in [0, 0.1) is 6.92 Å². The summed E-state index contributed by atoms with van der Waals surface area (Å²) < 4.78 is 0. The zero-order chi connectivity index (χ0) is 13.9. The van der Waals surface area contributed by atoms with Gasteiger partial charge in [0.05, 0.1) is 12.1 Å². The first kappa shape index (κ1) is 14.2. The molecule has 0 unspecified atom stereocenters. The third-order valence-electron chi connectivity index (χ3n) is 3.76. The lowest BCUT2D eigenvalue weighted by Crippen LogP contribution is -2.50. The molecule has 0 heterocycles. The van der Waals surface area contributed by atoms with Gasteiger partial charge in [0, 0.05) is 10.7 Å². The molecule has 0 spiro atoms. The Hall–Kier alpha value is -1.26. The maximum absolute atomic E-state index is 12.0. The van der Waals surface area contributed by atoms with Gasteiger partial charge in [-0.05, 0) is 37.5 Å². The summed E-state index contributed by atoms with van der Waals surface area (Å²) in [4.78, 5) is 12.0. The highest BCUT2D eigenvalue weighted by Gasteiger charge is 2.34. The second-order valence-corrected chi connectivity index (χ2v) is 5.54. The fourth-order valence-corrected chi connectivity index (χ4v) is 2.69. The van der Waals surface area contributed by atoms with Gasteiger partial charge in [0.1, 0.15) is 0 Å². The SMILES string of the molecule is Cc1c(Cl)cccc1NC(=O)NC1(CO)CCCC1. The maximum Gasteiger partial charge on any atom is 0.319 e. The van der Waals surface area contributed by atoms with Crippen LogP contribution in [-0.2, 0) is 0 Å². The Morgan fingerprint density at radius 1 is 1.42 bits per heavy atom. The summed E-state index contributed by atoms with van der Waals surface area (Å²) in [5, 5.41) is 15.8. The van der Waals surface area contributed by atoms with Gasteiger partial charge < -0.3 is 15.7 Å². The monoisotopic (exact) mass is 282 g/mol. The van der Waals surface area contributed by atoms with Crippen molar-refractivity contribution in [3.05, 3.63) is 28.8 Å². The number of halogens is 1. The molecule has 104 valence electrons. The van der Waals surface area contributed by atoms with Gasteiger partial charge in [0.15, 0.2) is 0 Å². The number of rotatable bonds is 3. The zero-order valence-corrected chi connectivity index (χ0v) is 11.8. The molecule has 0 atom stereocenters. The number of aliphatic hydroxyl groups excluding tert-OH is 1. The minimum absolute atomic E-state index is 0.0189. The predicted octanol–water partition coefficient (Wildman–Crippen LogP) is 3.08. The van der Waals surface area contributed by atoms with Crippen LogP contribution in [0.5, 0.6) is 0 Å². The minimum Gasteiger partial charge on any atom is -0.394 e. The van der Waals surface area contributed by atoms with Crippen molar-refractivity contribution in [3.63, 3.8) is 0 Å². The molecule has 2 amide bonds. The van der Waals surface area contributed by atoms with Crippen molar-refractivity contribution in [1.82, 2.24) is 5.32 Å². The van der Waals surface area contributed by atoms with Crippen molar-refractivity contribution in [2.45, 2.75) is 38.1 Å². The molecule has 1 aliphatic rings. The molecule has 5 heteroatoms. The average molecular weight is 283 g/mol. The van der Waals surface area contributed by atoms with E-state index in [4.69, 9.17) is 11.6 Å². The van der Waals surface area contributed by atoms with Crippen molar-refractivity contribution >= 4 is 23.3 Å². The van der Waals surface area contributed by atoms with Gasteiger partial charge in [-0.15, -0.1) is 0 Å². The summed E-state index contributed by atoms with van der Waals surface area (Å²) in [5.74, 6) is 0. The summed E-state index contributed by atoms with van der Waals surface area (Å²) >= 11 is 6.01. The largest absolute Gasteiger partial charge is 0.394 e. The normalized spacial score (nSPS) is 17.2. The predicted molar refractivity (Wildman–Crippen MR) is 76.6 cm³/mol. The molecular weight excluding hydrogens is 264 g/mol. The fraction of sp³-hybridized carbons (Fsp3) is 0.500. The minimum atomic E-state index is -0.462. The number of anilines is 1. The summed E-state index contributed by atoms with van der Waals surface area (Å²) in [6, 6.07) is 5.09. The van der Waals surface area contributed by atoms with Crippen molar-refractivity contribution in [1.29, 1.82) is 0 Å². The number of aliphatic hydroxyl groups is 1. The molecule has 2 rings (SSSR count). The highest BCUT2D eigenvalue weighted by molar-refractivity contribution is 6.31. The van der Waals surface area contributed by atoms with E-state index in [1.54, 1.807) is 18.2 Å². The molecule has 1 aromatic rings. The lowest BCUT2D eigenvalue weighted by molar-refractivity contribution is 0.167. The van der Waals surface area contributed by atoms with Crippen LogP contribution in [0.1, 0.15) is 31.2 Å². The fourth-order valence-electron chi connectivity index (χ4n) is 2.51. The first-order valence-electron chi connectivity index (χ1n) is 6.51. The standard InChI is InChI=1S/C14H19ClN2O2/c1-10-11(15)5-4-6-12(10)16-13(19)17-14(9-18)7-2-3-8-14/h4-6,18H,2-3,7-9H2,1H3,(H2,16,17,19). The number of hydrogen-bond donors (Lipinski definition) is 3. The van der Waals surface area contributed by atoms with Gasteiger partial charge in [-0.2, -0.15) is 0 Å². The Morgan fingerprint density at radius 3 is 2.74 bits per heavy atom. The number of carbonyl (C=O) groups excluding carboxylic acids is 1. The van der Waals surface area contributed by atoms with E-state index in [1.807, 2.05) is 6.92 Å². The van der Waals surface area contributed by atoms with Crippen LogP contribution in [0.3, 0.4) is 0 Å². The number of urea groups is 1. The lowest BCUT2D eigenvalue weighted by Gasteiger charge is -2.28. The molecule has 1 aliphatic carbocycles. The van der Waals surface area contributed by atoms with E-state index in [-0.39, 0.29) is 12.6 Å². The maximum atomic E-state index is 12.0. The molecule has 0 saturated heterocycles. The zero-order valence-electron chi connectivity index (χ0n) is 11.0. The molecule has 0 aromatic heterocycles. The van der Waals surface area contributed by atoms with E-state index in [0.717, 1.165) is 31.2 Å². The van der Waals surface area contributed by atoms with Crippen molar-refractivity contribution in [2.75, 3.05) is 11.9 Å². The summed E-state index contributed by atoms with van der Waals surface area (Å²) in [6.07, 6.45) is 3.73. The van der Waals surface area contributed by atoms with Crippen LogP contribution in [0.15, 0.2) is 18.2 Å². The second kappa shape index (κ2) is 5.80. The van der Waals surface area contributed by atoms with Gasteiger partial charge in [-0.25, -0.2) is 4.79 Å². The second-order valence-electron chi connectivity index (χ2n) is 5.14. The molecule has 0 bridgehead atoms. The number of benzene rings is 1. The van der Waals surface area contributed by atoms with Crippen molar-refractivity contribution < 1.29 is 9.90 Å². The van der Waals surface area contributed by atoms with E-state index >= 15 is 0 Å². The van der Waals surface area contributed by atoms with E-state index in [0.29, 0.717) is 10.7 Å². The summed E-state index contributed by atoms with van der Waals surface area (Å²) in [6.45, 7) is 1.84. The highest BCUT2D eigenvalue weighted by atomic mass is 35.5. The number of amides is 2. The molecule has 3 N–H and O–H groups in total. The molecule has 19 heavy (non-hydrogen) atoms. The Kier molecular flexibility index (Phi) is 4.32. The number of carbonyl (C=O) groups is 1. The van der Waals surface area contributed by atoms with E-state index in [2.05, 4.69) is 10.6 Å². The van der Waals surface area contributed by atoms with Crippen LogP contribution in [0.4, 0.5) is 10.5 Å². The van der Waals surface area contributed by atoms with E-state index in [1.165, 1.54) is 0 Å². The molecule has 4 nitrogen and oxygen atoms in total. The Bertz CT molecular complexity index is 471. The molecule has 0 aliphatic heterocycles. The smallest absolute Gasteiger partial charge is 0.319 e. The summed E-state index contributed by atoms with van der Waals surface area (Å²) in [5.41, 5.74) is 1.07. The quantitative estimate of drug-likeness (QED) is 0.798. The van der Waals surface area contributed by atoms with Gasteiger partial charge in [-0.1, -0.05) is 30.5 Å². The third-order valence-corrected chi connectivity index (χ3v) is 4.17. The van der Waals surface area contributed by atoms with E-state index in [9.17, 15) is 9.90 Å². The highest BCUT2D eigenvalue weighted by Crippen LogP contribution is 2.29. The van der Waals surface area contributed by atoms with Gasteiger partial charge in [0.2, 0.25) is 0 Å². The number of hydrogen-bond acceptors (Lipinski definition) is 2. The Morgan fingerprint density at radius 2 is 2.11 bits per heavy atom. The molecule has 1 saturated carbocycles. The van der Waals surface area contributed by atoms with E-state index < -0.39 is 5.54 Å². The third kappa shape index (κ3) is 3.19. The summed E-state index contributed by atoms with van der Waals surface area (Å²) in [7, 11) is 0. The topological polar surface area (TPSA) is 61.4 Å². The molecular formula is C14H19ClN2O2. The Balaban J connectivity index is 2.03. The van der Waals surface area contributed by atoms with Crippen LogP contribution < -0.4 is 10.6 Å². The Labute approximate surface area is 118 Å². The van der Waals surface area contributed by atoms with Crippen LogP contribution >= 0.6 is 11.6 Å². The molecule has 1 aromatic carbocycles. The van der Waals surface area contributed by atoms with Crippen molar-refractivity contribution in [3.8, 4) is 0 Å². The lowest BCUT2D eigenvalue weighted by atomic mass is 9.99. The first-order chi connectivity index (χ1) is 9.06. The van der Waals surface area contributed by atoms with Crippen molar-refractivity contribution in [2.24, 2.45) is 0 Å².